The van der Waals surface area contributed by atoms with E-state index in [1.807, 2.05) is 6.07 Å². The van der Waals surface area contributed by atoms with Gasteiger partial charge in [-0.25, -0.2) is 0 Å². The molecule has 0 fully saturated rings. The highest BCUT2D eigenvalue weighted by molar-refractivity contribution is 5.91. The van der Waals surface area contributed by atoms with Gasteiger partial charge in [-0.1, -0.05) is 13.8 Å². The Hall–Kier alpha value is -1.25. The van der Waals surface area contributed by atoms with Crippen LogP contribution in [-0.4, -0.2) is 24.9 Å². The van der Waals surface area contributed by atoms with Crippen molar-refractivity contribution in [2.24, 2.45) is 0 Å². The van der Waals surface area contributed by atoms with Crippen molar-refractivity contribution in [1.82, 2.24) is 4.90 Å². The summed E-state index contributed by atoms with van der Waals surface area (Å²) >= 11 is 0. The van der Waals surface area contributed by atoms with Crippen LogP contribution in [0.1, 0.15) is 42.5 Å². The minimum atomic E-state index is -0.0837. The Morgan fingerprint density at radius 3 is 2.64 bits per heavy atom. The summed E-state index contributed by atoms with van der Waals surface area (Å²) in [6.07, 6.45) is 1.02. The van der Waals surface area contributed by atoms with E-state index in [4.69, 9.17) is 4.42 Å². The summed E-state index contributed by atoms with van der Waals surface area (Å²) in [6.45, 7) is 4.18. The van der Waals surface area contributed by atoms with Crippen LogP contribution in [0.2, 0.25) is 0 Å². The van der Waals surface area contributed by atoms with E-state index in [1.54, 1.807) is 20.2 Å². The smallest absolute Gasteiger partial charge is 0.289 e. The lowest BCUT2D eigenvalue weighted by Crippen LogP contribution is -2.20. The van der Waals surface area contributed by atoms with E-state index in [2.05, 4.69) is 13.8 Å². The Morgan fingerprint density at radius 2 is 2.14 bits per heavy atom. The molecule has 1 rings (SSSR count). The van der Waals surface area contributed by atoms with Crippen LogP contribution in [0.25, 0.3) is 0 Å². The second-order valence-corrected chi connectivity index (χ2v) is 3.71. The lowest BCUT2D eigenvalue weighted by molar-refractivity contribution is 0.0794. The van der Waals surface area contributed by atoms with Crippen molar-refractivity contribution in [3.8, 4) is 0 Å². The van der Waals surface area contributed by atoms with E-state index in [-0.39, 0.29) is 5.91 Å². The molecule has 78 valence electrons. The van der Waals surface area contributed by atoms with E-state index >= 15 is 0 Å². The minimum Gasteiger partial charge on any atom is -0.456 e. The maximum Gasteiger partial charge on any atom is 0.289 e. The van der Waals surface area contributed by atoms with Crippen LogP contribution in [0.15, 0.2) is 16.5 Å². The largest absolute Gasteiger partial charge is 0.456 e. The third-order valence-corrected chi connectivity index (χ3v) is 2.34. The molecular formula is C11H17NO2. The average molecular weight is 195 g/mol. The van der Waals surface area contributed by atoms with Gasteiger partial charge >= 0.3 is 0 Å². The molecule has 0 bridgehead atoms. The van der Waals surface area contributed by atoms with Gasteiger partial charge in [0.2, 0.25) is 0 Å². The van der Waals surface area contributed by atoms with Gasteiger partial charge in [-0.15, -0.1) is 0 Å². The molecule has 1 aromatic rings. The Labute approximate surface area is 84.7 Å². The van der Waals surface area contributed by atoms with Crippen LogP contribution in [0.3, 0.4) is 0 Å². The second kappa shape index (κ2) is 4.31. The standard InChI is InChI=1S/C11H17NO2/c1-5-8(2)9-6-7-10(14-9)11(13)12(3)4/h6-8H,5H2,1-4H3. The summed E-state index contributed by atoms with van der Waals surface area (Å²) in [5.74, 6) is 1.60. The molecule has 0 saturated carbocycles. The third-order valence-electron chi connectivity index (χ3n) is 2.34. The van der Waals surface area contributed by atoms with Crippen molar-refractivity contribution in [3.05, 3.63) is 23.7 Å². The number of carbonyl (C=O) groups is 1. The van der Waals surface area contributed by atoms with Crippen LogP contribution in [0, 0.1) is 0 Å². The Balaban J connectivity index is 2.83. The molecule has 1 amide bonds. The molecule has 1 aromatic heterocycles. The van der Waals surface area contributed by atoms with Crippen molar-refractivity contribution in [1.29, 1.82) is 0 Å². The molecule has 0 radical (unpaired) electrons. The molecule has 0 aliphatic heterocycles. The lowest BCUT2D eigenvalue weighted by atomic mass is 10.1. The molecule has 0 N–H and O–H groups in total. The molecule has 1 atom stereocenters. The van der Waals surface area contributed by atoms with Crippen molar-refractivity contribution in [2.75, 3.05) is 14.1 Å². The van der Waals surface area contributed by atoms with Gasteiger partial charge in [0.25, 0.3) is 5.91 Å². The molecule has 0 aliphatic carbocycles. The summed E-state index contributed by atoms with van der Waals surface area (Å²) in [4.78, 5) is 13.0. The third kappa shape index (κ3) is 2.16. The van der Waals surface area contributed by atoms with Crippen molar-refractivity contribution in [3.63, 3.8) is 0 Å². The Morgan fingerprint density at radius 1 is 1.50 bits per heavy atom. The predicted octanol–water partition coefficient (Wildman–Crippen LogP) is 2.49. The number of amides is 1. The van der Waals surface area contributed by atoms with Crippen LogP contribution in [-0.2, 0) is 0 Å². The first-order valence-electron chi connectivity index (χ1n) is 4.87. The predicted molar refractivity (Wildman–Crippen MR) is 55.4 cm³/mol. The highest BCUT2D eigenvalue weighted by Gasteiger charge is 2.15. The summed E-state index contributed by atoms with van der Waals surface area (Å²) in [5.41, 5.74) is 0. The van der Waals surface area contributed by atoms with Gasteiger partial charge in [-0.05, 0) is 18.6 Å². The van der Waals surface area contributed by atoms with Gasteiger partial charge in [0.15, 0.2) is 5.76 Å². The average Bonchev–Trinajstić information content (AvgIpc) is 2.64. The van der Waals surface area contributed by atoms with Crippen molar-refractivity contribution < 1.29 is 9.21 Å². The first-order chi connectivity index (χ1) is 6.56. The zero-order valence-electron chi connectivity index (χ0n) is 9.20. The van der Waals surface area contributed by atoms with Crippen LogP contribution >= 0.6 is 0 Å². The molecule has 0 spiro atoms. The molecular weight excluding hydrogens is 178 g/mol. The number of rotatable bonds is 3. The summed E-state index contributed by atoms with van der Waals surface area (Å²) in [7, 11) is 3.43. The minimum absolute atomic E-state index is 0.0837. The van der Waals surface area contributed by atoms with Gasteiger partial charge in [0.05, 0.1) is 0 Å². The SMILES string of the molecule is CCC(C)c1ccc(C(=O)N(C)C)o1. The molecule has 0 saturated heterocycles. The number of hydrogen-bond donors (Lipinski definition) is 0. The fourth-order valence-corrected chi connectivity index (χ4v) is 1.15. The maximum atomic E-state index is 11.5. The summed E-state index contributed by atoms with van der Waals surface area (Å²) in [5, 5.41) is 0. The first kappa shape index (κ1) is 10.8. The molecule has 14 heavy (non-hydrogen) atoms. The lowest BCUT2D eigenvalue weighted by Gasteiger charge is -2.07. The molecule has 3 heteroatoms. The quantitative estimate of drug-likeness (QED) is 0.742. The summed E-state index contributed by atoms with van der Waals surface area (Å²) < 4.78 is 5.47. The van der Waals surface area contributed by atoms with Gasteiger partial charge in [-0.2, -0.15) is 0 Å². The molecule has 1 heterocycles. The molecule has 0 aromatic carbocycles. The zero-order valence-corrected chi connectivity index (χ0v) is 9.20. The van der Waals surface area contributed by atoms with E-state index in [1.165, 1.54) is 4.90 Å². The monoisotopic (exact) mass is 195 g/mol. The fourth-order valence-electron chi connectivity index (χ4n) is 1.15. The van der Waals surface area contributed by atoms with Crippen LogP contribution < -0.4 is 0 Å². The zero-order chi connectivity index (χ0) is 10.7. The first-order valence-corrected chi connectivity index (χ1v) is 4.87. The molecule has 0 aliphatic rings. The molecule has 3 nitrogen and oxygen atoms in total. The van der Waals surface area contributed by atoms with Gasteiger partial charge in [0.1, 0.15) is 5.76 Å². The van der Waals surface area contributed by atoms with Gasteiger partial charge < -0.3 is 9.32 Å². The topological polar surface area (TPSA) is 33.5 Å². The number of hydrogen-bond acceptors (Lipinski definition) is 2. The van der Waals surface area contributed by atoms with Crippen LogP contribution in [0.4, 0.5) is 0 Å². The Bertz CT molecular complexity index is 315. The van der Waals surface area contributed by atoms with Gasteiger partial charge in [-0.3, -0.25) is 4.79 Å². The highest BCUT2D eigenvalue weighted by atomic mass is 16.4. The Kier molecular flexibility index (Phi) is 3.33. The van der Waals surface area contributed by atoms with E-state index < -0.39 is 0 Å². The second-order valence-electron chi connectivity index (χ2n) is 3.71. The number of carbonyl (C=O) groups excluding carboxylic acids is 1. The van der Waals surface area contributed by atoms with Crippen molar-refractivity contribution in [2.45, 2.75) is 26.2 Å². The van der Waals surface area contributed by atoms with Crippen molar-refractivity contribution >= 4 is 5.91 Å². The highest BCUT2D eigenvalue weighted by Crippen LogP contribution is 2.21. The number of nitrogens with zero attached hydrogens (tertiary/aromatic N) is 1. The maximum absolute atomic E-state index is 11.5. The van der Waals surface area contributed by atoms with E-state index in [9.17, 15) is 4.79 Å². The van der Waals surface area contributed by atoms with E-state index in [0.717, 1.165) is 12.2 Å². The fraction of sp³-hybridized carbons (Fsp3) is 0.545. The van der Waals surface area contributed by atoms with Crippen LogP contribution in [0.5, 0.6) is 0 Å². The van der Waals surface area contributed by atoms with E-state index in [0.29, 0.717) is 11.7 Å². The van der Waals surface area contributed by atoms with Gasteiger partial charge in [0, 0.05) is 20.0 Å². The normalized spacial score (nSPS) is 12.6. The number of furan rings is 1. The molecule has 1 unspecified atom stereocenters. The summed E-state index contributed by atoms with van der Waals surface area (Å²) in [6, 6.07) is 3.62.